The van der Waals surface area contributed by atoms with E-state index in [-0.39, 0.29) is 5.91 Å². The van der Waals surface area contributed by atoms with Gasteiger partial charge in [-0.15, -0.1) is 0 Å². The molecule has 1 aliphatic rings. The summed E-state index contributed by atoms with van der Waals surface area (Å²) in [5.74, 6) is 0.879. The Morgan fingerprint density at radius 3 is 3.00 bits per heavy atom. The molecule has 1 aromatic carbocycles. The molecule has 1 amide bonds. The fourth-order valence-corrected chi connectivity index (χ4v) is 2.69. The summed E-state index contributed by atoms with van der Waals surface area (Å²) in [6.07, 6.45) is 3.64. The number of aryl methyl sites for hydroxylation is 1. The largest absolute Gasteiger partial charge is 0.398 e. The number of rotatable bonds is 3. The van der Waals surface area contributed by atoms with Gasteiger partial charge in [0.1, 0.15) is 0 Å². The number of halogens is 1. The monoisotopic (exact) mass is 280 g/mol. The van der Waals surface area contributed by atoms with Gasteiger partial charge in [-0.3, -0.25) is 4.79 Å². The molecule has 1 aliphatic heterocycles. The lowest BCUT2D eigenvalue weighted by molar-refractivity contribution is -0.132. The number of amides is 1. The Hall–Kier alpha value is -1.22. The maximum absolute atomic E-state index is 12.1. The zero-order valence-electron chi connectivity index (χ0n) is 11.4. The number of carbonyl (C=O) groups is 1. The normalized spacial score (nSPS) is 19.5. The summed E-state index contributed by atoms with van der Waals surface area (Å²) in [4.78, 5) is 14.1. The lowest BCUT2D eigenvalue weighted by atomic mass is 9.99. The molecule has 1 atom stereocenters. The summed E-state index contributed by atoms with van der Waals surface area (Å²) < 4.78 is 0. The van der Waals surface area contributed by atoms with Crippen molar-refractivity contribution in [2.75, 3.05) is 18.8 Å². The minimum Gasteiger partial charge on any atom is -0.398 e. The second-order valence-corrected chi connectivity index (χ2v) is 5.85. The van der Waals surface area contributed by atoms with E-state index in [0.717, 1.165) is 31.5 Å². The minimum atomic E-state index is 0.250. The minimum absolute atomic E-state index is 0.250. The van der Waals surface area contributed by atoms with E-state index in [9.17, 15) is 4.79 Å². The van der Waals surface area contributed by atoms with Gasteiger partial charge in [-0.05, 0) is 42.9 Å². The summed E-state index contributed by atoms with van der Waals surface area (Å²) in [7, 11) is 0. The van der Waals surface area contributed by atoms with Crippen molar-refractivity contribution in [3.63, 3.8) is 0 Å². The molecule has 1 unspecified atom stereocenters. The molecule has 0 saturated carbocycles. The van der Waals surface area contributed by atoms with Crippen molar-refractivity contribution in [3.05, 3.63) is 28.8 Å². The number of hydrogen-bond acceptors (Lipinski definition) is 2. The van der Waals surface area contributed by atoms with E-state index in [1.165, 1.54) is 6.42 Å². The number of carbonyl (C=O) groups excluding carboxylic acids is 1. The van der Waals surface area contributed by atoms with Crippen LogP contribution in [0.1, 0.15) is 31.7 Å². The highest BCUT2D eigenvalue weighted by Crippen LogP contribution is 2.21. The van der Waals surface area contributed by atoms with Crippen molar-refractivity contribution in [3.8, 4) is 0 Å². The molecule has 3 nitrogen and oxygen atoms in total. The van der Waals surface area contributed by atoms with Crippen LogP contribution in [0.4, 0.5) is 5.69 Å². The Balaban J connectivity index is 1.87. The second kappa shape index (κ2) is 6.29. The standard InChI is InChI=1S/C15H21ClN2O/c1-11-3-2-8-18(10-11)15(19)7-5-12-4-6-13(16)14(17)9-12/h4,6,9,11H,2-3,5,7-8,10,17H2,1H3. The van der Waals surface area contributed by atoms with Crippen molar-refractivity contribution >= 4 is 23.2 Å². The summed E-state index contributed by atoms with van der Waals surface area (Å²) in [6, 6.07) is 5.58. The topological polar surface area (TPSA) is 46.3 Å². The molecule has 0 aromatic heterocycles. The van der Waals surface area contributed by atoms with E-state index < -0.39 is 0 Å². The third kappa shape index (κ3) is 3.87. The average molecular weight is 281 g/mol. The fraction of sp³-hybridized carbons (Fsp3) is 0.533. The van der Waals surface area contributed by atoms with Gasteiger partial charge >= 0.3 is 0 Å². The van der Waals surface area contributed by atoms with E-state index in [4.69, 9.17) is 17.3 Å². The molecule has 0 radical (unpaired) electrons. The first-order valence-corrected chi connectivity index (χ1v) is 7.25. The predicted molar refractivity (Wildman–Crippen MR) is 79.2 cm³/mol. The number of nitrogens with zero attached hydrogens (tertiary/aromatic N) is 1. The lowest BCUT2D eigenvalue weighted by Gasteiger charge is -2.31. The maximum atomic E-state index is 12.1. The quantitative estimate of drug-likeness (QED) is 0.865. The van der Waals surface area contributed by atoms with E-state index in [1.807, 2.05) is 17.0 Å². The van der Waals surface area contributed by atoms with Crippen LogP contribution in [0.15, 0.2) is 18.2 Å². The summed E-state index contributed by atoms with van der Waals surface area (Å²) in [5, 5.41) is 0.569. The van der Waals surface area contributed by atoms with Crippen LogP contribution in [-0.4, -0.2) is 23.9 Å². The third-order valence-electron chi connectivity index (χ3n) is 3.70. The zero-order chi connectivity index (χ0) is 13.8. The first-order valence-electron chi connectivity index (χ1n) is 6.88. The lowest BCUT2D eigenvalue weighted by Crippen LogP contribution is -2.39. The number of hydrogen-bond donors (Lipinski definition) is 1. The van der Waals surface area contributed by atoms with Gasteiger partial charge < -0.3 is 10.6 Å². The molecular formula is C15H21ClN2O. The molecular weight excluding hydrogens is 260 g/mol. The third-order valence-corrected chi connectivity index (χ3v) is 4.04. The molecule has 1 heterocycles. The highest BCUT2D eigenvalue weighted by molar-refractivity contribution is 6.33. The van der Waals surface area contributed by atoms with Crippen molar-refractivity contribution < 1.29 is 4.79 Å². The van der Waals surface area contributed by atoms with Crippen LogP contribution >= 0.6 is 11.6 Å². The van der Waals surface area contributed by atoms with Gasteiger partial charge in [0.2, 0.25) is 5.91 Å². The van der Waals surface area contributed by atoms with E-state index in [2.05, 4.69) is 6.92 Å². The first kappa shape index (κ1) is 14.2. The Morgan fingerprint density at radius 1 is 1.53 bits per heavy atom. The van der Waals surface area contributed by atoms with Crippen LogP contribution in [0, 0.1) is 5.92 Å². The molecule has 0 spiro atoms. The van der Waals surface area contributed by atoms with E-state index in [0.29, 0.717) is 23.0 Å². The van der Waals surface area contributed by atoms with Crippen molar-refractivity contribution in [2.45, 2.75) is 32.6 Å². The van der Waals surface area contributed by atoms with Crippen LogP contribution in [0.3, 0.4) is 0 Å². The number of anilines is 1. The molecule has 1 aromatic rings. The van der Waals surface area contributed by atoms with Gasteiger partial charge in [0.15, 0.2) is 0 Å². The average Bonchev–Trinajstić information content (AvgIpc) is 2.40. The zero-order valence-corrected chi connectivity index (χ0v) is 12.1. The van der Waals surface area contributed by atoms with Gasteiger partial charge in [0.25, 0.3) is 0 Å². The molecule has 1 fully saturated rings. The Kier molecular flexibility index (Phi) is 4.70. The van der Waals surface area contributed by atoms with Gasteiger partial charge in [-0.25, -0.2) is 0 Å². The van der Waals surface area contributed by atoms with E-state index in [1.54, 1.807) is 6.07 Å². The molecule has 2 rings (SSSR count). The molecule has 2 N–H and O–H groups in total. The maximum Gasteiger partial charge on any atom is 0.222 e. The molecule has 1 saturated heterocycles. The summed E-state index contributed by atoms with van der Waals surface area (Å²) in [6.45, 7) is 4.02. The molecule has 4 heteroatoms. The Bertz CT molecular complexity index is 461. The summed E-state index contributed by atoms with van der Waals surface area (Å²) in [5.41, 5.74) is 7.41. The highest BCUT2D eigenvalue weighted by Gasteiger charge is 2.20. The number of nitrogens with two attached hydrogens (primary N) is 1. The number of nitrogen functional groups attached to an aromatic ring is 1. The van der Waals surface area contributed by atoms with Crippen molar-refractivity contribution in [2.24, 2.45) is 5.92 Å². The van der Waals surface area contributed by atoms with Gasteiger partial charge in [0, 0.05) is 19.5 Å². The number of likely N-dealkylation sites (tertiary alicyclic amines) is 1. The second-order valence-electron chi connectivity index (χ2n) is 5.44. The van der Waals surface area contributed by atoms with Crippen molar-refractivity contribution in [1.29, 1.82) is 0 Å². The molecule has 19 heavy (non-hydrogen) atoms. The van der Waals surface area contributed by atoms with Crippen LogP contribution < -0.4 is 5.73 Å². The van der Waals surface area contributed by atoms with Crippen LogP contribution in [-0.2, 0) is 11.2 Å². The SMILES string of the molecule is CC1CCCN(C(=O)CCc2ccc(Cl)c(N)c2)C1. The van der Waals surface area contributed by atoms with Crippen LogP contribution in [0.25, 0.3) is 0 Å². The molecule has 0 aliphatic carbocycles. The fourth-order valence-electron chi connectivity index (χ4n) is 2.57. The molecule has 0 bridgehead atoms. The smallest absolute Gasteiger partial charge is 0.222 e. The number of benzene rings is 1. The highest BCUT2D eigenvalue weighted by atomic mass is 35.5. The van der Waals surface area contributed by atoms with Gasteiger partial charge in [-0.2, -0.15) is 0 Å². The predicted octanol–water partition coefficient (Wildman–Crippen LogP) is 3.11. The molecule has 104 valence electrons. The van der Waals surface area contributed by atoms with Crippen LogP contribution in [0.2, 0.25) is 5.02 Å². The Morgan fingerprint density at radius 2 is 2.32 bits per heavy atom. The van der Waals surface area contributed by atoms with Gasteiger partial charge in [0.05, 0.1) is 10.7 Å². The Labute approximate surface area is 119 Å². The van der Waals surface area contributed by atoms with Crippen LogP contribution in [0.5, 0.6) is 0 Å². The summed E-state index contributed by atoms with van der Waals surface area (Å²) >= 11 is 5.88. The van der Waals surface area contributed by atoms with Crippen molar-refractivity contribution in [1.82, 2.24) is 4.90 Å². The number of piperidine rings is 1. The van der Waals surface area contributed by atoms with E-state index >= 15 is 0 Å². The van der Waals surface area contributed by atoms with Gasteiger partial charge in [-0.1, -0.05) is 24.6 Å². The first-order chi connectivity index (χ1) is 9.06.